The van der Waals surface area contributed by atoms with Crippen LogP contribution in [0.5, 0.6) is 0 Å². The molecule has 2 saturated carbocycles. The standard InChI is InChI=1S/C16H28O2/c1-12-5-4-6-13(11-12)16(14(17)18)9-7-15(2,3)8-10-16/h12-13H,4-11H2,1-3H3,(H,17,18). The molecule has 0 aromatic rings. The average Bonchev–Trinajstić information content (AvgIpc) is 2.29. The number of carboxylic acid groups (broad SMARTS) is 1. The van der Waals surface area contributed by atoms with Gasteiger partial charge in [0.1, 0.15) is 0 Å². The Hall–Kier alpha value is -0.530. The van der Waals surface area contributed by atoms with Crippen molar-refractivity contribution in [1.82, 2.24) is 0 Å². The maximum atomic E-state index is 11.9. The molecular formula is C16H28O2. The maximum absolute atomic E-state index is 11.9. The Morgan fingerprint density at radius 1 is 1.11 bits per heavy atom. The highest BCUT2D eigenvalue weighted by atomic mass is 16.4. The number of carbonyl (C=O) groups is 1. The van der Waals surface area contributed by atoms with E-state index < -0.39 is 11.4 Å². The predicted molar refractivity (Wildman–Crippen MR) is 73.4 cm³/mol. The highest BCUT2D eigenvalue weighted by Gasteiger charge is 2.49. The largest absolute Gasteiger partial charge is 0.481 e. The van der Waals surface area contributed by atoms with Crippen molar-refractivity contribution in [3.63, 3.8) is 0 Å². The van der Waals surface area contributed by atoms with E-state index in [0.717, 1.165) is 44.4 Å². The summed E-state index contributed by atoms with van der Waals surface area (Å²) in [6, 6.07) is 0. The molecule has 18 heavy (non-hydrogen) atoms. The Bertz CT molecular complexity index is 309. The first-order chi connectivity index (χ1) is 8.36. The fraction of sp³-hybridized carbons (Fsp3) is 0.938. The van der Waals surface area contributed by atoms with Crippen LogP contribution in [-0.2, 0) is 4.79 Å². The Morgan fingerprint density at radius 2 is 1.72 bits per heavy atom. The van der Waals surface area contributed by atoms with Crippen LogP contribution in [0.2, 0.25) is 0 Å². The van der Waals surface area contributed by atoms with Gasteiger partial charge in [-0.1, -0.05) is 33.6 Å². The predicted octanol–water partition coefficient (Wildman–Crippen LogP) is 4.48. The van der Waals surface area contributed by atoms with Crippen molar-refractivity contribution in [2.45, 2.75) is 72.1 Å². The van der Waals surface area contributed by atoms with Crippen molar-refractivity contribution < 1.29 is 9.90 Å². The molecule has 0 aromatic heterocycles. The summed E-state index contributed by atoms with van der Waals surface area (Å²) in [5.41, 5.74) is -0.0521. The van der Waals surface area contributed by atoms with Crippen molar-refractivity contribution in [2.24, 2.45) is 22.7 Å². The molecular weight excluding hydrogens is 224 g/mol. The molecule has 2 rings (SSSR count). The van der Waals surface area contributed by atoms with Crippen LogP contribution in [0, 0.1) is 22.7 Å². The molecule has 0 saturated heterocycles. The van der Waals surface area contributed by atoms with Crippen LogP contribution in [0.4, 0.5) is 0 Å². The molecule has 2 aliphatic rings. The lowest BCUT2D eigenvalue weighted by Crippen LogP contribution is -2.45. The van der Waals surface area contributed by atoms with Gasteiger partial charge in [-0.3, -0.25) is 4.79 Å². The molecule has 0 aliphatic heterocycles. The molecule has 0 bridgehead atoms. The summed E-state index contributed by atoms with van der Waals surface area (Å²) >= 11 is 0. The first-order valence-corrected chi connectivity index (χ1v) is 7.59. The van der Waals surface area contributed by atoms with Crippen LogP contribution in [0.3, 0.4) is 0 Å². The van der Waals surface area contributed by atoms with Crippen molar-refractivity contribution >= 4 is 5.97 Å². The van der Waals surface area contributed by atoms with Crippen molar-refractivity contribution in [3.05, 3.63) is 0 Å². The van der Waals surface area contributed by atoms with Gasteiger partial charge >= 0.3 is 5.97 Å². The van der Waals surface area contributed by atoms with Crippen LogP contribution >= 0.6 is 0 Å². The SMILES string of the molecule is CC1CCCC(C2(C(=O)O)CCC(C)(C)CC2)C1. The van der Waals surface area contributed by atoms with E-state index in [4.69, 9.17) is 0 Å². The Labute approximate surface area is 111 Å². The Balaban J connectivity index is 2.15. The molecule has 2 heteroatoms. The minimum Gasteiger partial charge on any atom is -0.481 e. The summed E-state index contributed by atoms with van der Waals surface area (Å²) in [5.74, 6) is 0.627. The Morgan fingerprint density at radius 3 is 2.22 bits per heavy atom. The molecule has 2 aliphatic carbocycles. The van der Waals surface area contributed by atoms with Crippen LogP contribution in [0.25, 0.3) is 0 Å². The fourth-order valence-electron chi connectivity index (χ4n) is 4.11. The molecule has 0 heterocycles. The highest BCUT2D eigenvalue weighted by molar-refractivity contribution is 5.75. The van der Waals surface area contributed by atoms with Gasteiger partial charge in [0.2, 0.25) is 0 Å². The van der Waals surface area contributed by atoms with E-state index in [0.29, 0.717) is 11.3 Å². The van der Waals surface area contributed by atoms with Gasteiger partial charge in [0.05, 0.1) is 5.41 Å². The maximum Gasteiger partial charge on any atom is 0.309 e. The van der Waals surface area contributed by atoms with Gasteiger partial charge in [-0.05, 0) is 55.8 Å². The van der Waals surface area contributed by atoms with E-state index in [1.54, 1.807) is 0 Å². The second kappa shape index (κ2) is 4.86. The van der Waals surface area contributed by atoms with E-state index in [9.17, 15) is 9.90 Å². The first kappa shape index (κ1) is 13.9. The van der Waals surface area contributed by atoms with Gasteiger partial charge in [0, 0.05) is 0 Å². The van der Waals surface area contributed by atoms with Crippen molar-refractivity contribution in [2.75, 3.05) is 0 Å². The van der Waals surface area contributed by atoms with Gasteiger partial charge in [-0.2, -0.15) is 0 Å². The summed E-state index contributed by atoms with van der Waals surface area (Å²) in [6.45, 7) is 6.85. The zero-order chi connectivity index (χ0) is 13.4. The molecule has 1 N–H and O–H groups in total. The van der Waals surface area contributed by atoms with Crippen LogP contribution in [0.1, 0.15) is 72.1 Å². The fourth-order valence-corrected chi connectivity index (χ4v) is 4.11. The quantitative estimate of drug-likeness (QED) is 0.786. The number of hydrogen-bond acceptors (Lipinski definition) is 1. The van der Waals surface area contributed by atoms with E-state index in [1.807, 2.05) is 0 Å². The topological polar surface area (TPSA) is 37.3 Å². The lowest BCUT2D eigenvalue weighted by atomic mass is 9.56. The average molecular weight is 252 g/mol. The summed E-state index contributed by atoms with van der Waals surface area (Å²) in [6.07, 6.45) is 8.72. The molecule has 104 valence electrons. The number of rotatable bonds is 2. The van der Waals surface area contributed by atoms with Gasteiger partial charge in [-0.15, -0.1) is 0 Å². The summed E-state index contributed by atoms with van der Waals surface area (Å²) < 4.78 is 0. The van der Waals surface area contributed by atoms with E-state index >= 15 is 0 Å². The van der Waals surface area contributed by atoms with Gasteiger partial charge in [0.25, 0.3) is 0 Å². The molecule has 0 radical (unpaired) electrons. The third kappa shape index (κ3) is 2.57. The molecule has 0 spiro atoms. The van der Waals surface area contributed by atoms with Crippen molar-refractivity contribution in [1.29, 1.82) is 0 Å². The summed E-state index contributed by atoms with van der Waals surface area (Å²) in [4.78, 5) is 11.9. The lowest BCUT2D eigenvalue weighted by molar-refractivity contribution is -0.159. The number of aliphatic carboxylic acids is 1. The second-order valence-corrected chi connectivity index (χ2v) is 7.59. The first-order valence-electron chi connectivity index (χ1n) is 7.59. The molecule has 2 unspecified atom stereocenters. The minimum absolute atomic E-state index is 0.346. The van der Waals surface area contributed by atoms with E-state index in [-0.39, 0.29) is 0 Å². The smallest absolute Gasteiger partial charge is 0.309 e. The Kier molecular flexibility index (Phi) is 3.75. The number of hydrogen-bond donors (Lipinski definition) is 1. The number of carboxylic acids is 1. The van der Waals surface area contributed by atoms with E-state index in [2.05, 4.69) is 20.8 Å². The normalized spacial score (nSPS) is 35.1. The van der Waals surface area contributed by atoms with Gasteiger partial charge in [-0.25, -0.2) is 0 Å². The molecule has 0 amide bonds. The summed E-state index contributed by atoms with van der Waals surface area (Å²) in [5, 5.41) is 9.80. The van der Waals surface area contributed by atoms with E-state index in [1.165, 1.54) is 12.8 Å². The van der Waals surface area contributed by atoms with Crippen LogP contribution in [-0.4, -0.2) is 11.1 Å². The molecule has 0 aromatic carbocycles. The highest BCUT2D eigenvalue weighted by Crippen LogP contribution is 2.53. The van der Waals surface area contributed by atoms with Crippen LogP contribution in [0.15, 0.2) is 0 Å². The molecule has 2 atom stereocenters. The van der Waals surface area contributed by atoms with Crippen molar-refractivity contribution in [3.8, 4) is 0 Å². The van der Waals surface area contributed by atoms with Gasteiger partial charge in [0.15, 0.2) is 0 Å². The second-order valence-electron chi connectivity index (χ2n) is 7.59. The van der Waals surface area contributed by atoms with Gasteiger partial charge < -0.3 is 5.11 Å². The van der Waals surface area contributed by atoms with Crippen LogP contribution < -0.4 is 0 Å². The third-order valence-electron chi connectivity index (χ3n) is 5.64. The monoisotopic (exact) mass is 252 g/mol. The minimum atomic E-state index is -0.517. The zero-order valence-electron chi connectivity index (χ0n) is 12.2. The molecule has 2 fully saturated rings. The third-order valence-corrected chi connectivity index (χ3v) is 5.64. The lowest BCUT2D eigenvalue weighted by Gasteiger charge is -2.47. The summed E-state index contributed by atoms with van der Waals surface area (Å²) in [7, 11) is 0. The molecule has 2 nitrogen and oxygen atoms in total. The zero-order valence-corrected chi connectivity index (χ0v) is 12.2.